The van der Waals surface area contributed by atoms with Crippen LogP contribution in [0.4, 0.5) is 5.69 Å². The van der Waals surface area contributed by atoms with Crippen molar-refractivity contribution in [3.05, 3.63) is 83.4 Å². The molecule has 0 atom stereocenters. The number of rotatable bonds is 7. The lowest BCUT2D eigenvalue weighted by Gasteiger charge is -2.31. The van der Waals surface area contributed by atoms with E-state index in [0.717, 1.165) is 10.5 Å². The molecule has 1 aliphatic rings. The largest absolute Gasteiger partial charge is 0.496 e. The van der Waals surface area contributed by atoms with E-state index < -0.39 is 11.9 Å². The summed E-state index contributed by atoms with van der Waals surface area (Å²) in [5.41, 5.74) is 2.02. The number of imide groups is 1. The van der Waals surface area contributed by atoms with Gasteiger partial charge in [0.05, 0.1) is 18.4 Å². The first kappa shape index (κ1) is 22.1. The van der Waals surface area contributed by atoms with Crippen LogP contribution in [-0.4, -0.2) is 30.0 Å². The number of benzene rings is 3. The number of carboxylic acid groups (broad SMARTS) is 1. The quantitative estimate of drug-likeness (QED) is 0.533. The molecule has 0 fully saturated rings. The maximum atomic E-state index is 13.5. The lowest BCUT2D eigenvalue weighted by Crippen LogP contribution is -2.41. The summed E-state index contributed by atoms with van der Waals surface area (Å²) in [6.45, 7) is 0. The van der Waals surface area contributed by atoms with Crippen molar-refractivity contribution in [2.45, 2.75) is 25.7 Å². The molecule has 0 bridgehead atoms. The number of amides is 2. The molecule has 0 spiro atoms. The molecular weight excluding hydrogens is 422 g/mol. The second-order valence-corrected chi connectivity index (χ2v) is 7.63. The highest BCUT2D eigenvalue weighted by atomic mass is 16.5. The second-order valence-electron chi connectivity index (χ2n) is 7.63. The summed E-state index contributed by atoms with van der Waals surface area (Å²) >= 11 is 0. The van der Waals surface area contributed by atoms with Gasteiger partial charge in [-0.25, -0.2) is 4.90 Å². The SMILES string of the molecule is COc1ccccc1C(=O)N1C(=O)CCc2cc(Oc3ccccc3)cc(CCC(=O)O)c21. The summed E-state index contributed by atoms with van der Waals surface area (Å²) in [6.07, 6.45) is 0.579. The first-order valence-corrected chi connectivity index (χ1v) is 10.6. The van der Waals surface area contributed by atoms with Crippen molar-refractivity contribution in [2.75, 3.05) is 12.0 Å². The summed E-state index contributed by atoms with van der Waals surface area (Å²) < 4.78 is 11.3. The minimum absolute atomic E-state index is 0.145. The number of ether oxygens (including phenoxy) is 2. The highest BCUT2D eigenvalue weighted by molar-refractivity contribution is 6.23. The molecular formula is C26H23NO6. The maximum Gasteiger partial charge on any atom is 0.303 e. The normalized spacial score (nSPS) is 12.8. The van der Waals surface area contributed by atoms with Crippen molar-refractivity contribution in [3.8, 4) is 17.2 Å². The number of fused-ring (bicyclic) bond motifs is 1. The van der Waals surface area contributed by atoms with E-state index in [-0.39, 0.29) is 30.7 Å². The molecule has 3 aromatic carbocycles. The van der Waals surface area contributed by atoms with Gasteiger partial charge in [0, 0.05) is 12.8 Å². The standard InChI is InChI=1S/C26H23NO6/c1-32-22-10-6-5-9-21(22)26(31)27-23(28)13-11-17-15-20(33-19-7-3-2-4-8-19)16-18(25(17)27)12-14-24(29)30/h2-10,15-16H,11-14H2,1H3,(H,29,30). The van der Waals surface area contributed by atoms with Crippen molar-refractivity contribution in [2.24, 2.45) is 0 Å². The van der Waals surface area contributed by atoms with Gasteiger partial charge in [-0.05, 0) is 60.4 Å². The van der Waals surface area contributed by atoms with E-state index in [9.17, 15) is 19.5 Å². The predicted molar refractivity (Wildman–Crippen MR) is 122 cm³/mol. The van der Waals surface area contributed by atoms with Gasteiger partial charge in [0.1, 0.15) is 17.2 Å². The molecule has 7 nitrogen and oxygen atoms in total. The van der Waals surface area contributed by atoms with E-state index in [0.29, 0.717) is 34.9 Å². The number of anilines is 1. The number of para-hydroxylation sites is 2. The number of hydrogen-bond acceptors (Lipinski definition) is 5. The molecule has 1 aliphatic heterocycles. The second kappa shape index (κ2) is 9.56. The average Bonchev–Trinajstić information content (AvgIpc) is 2.83. The van der Waals surface area contributed by atoms with E-state index in [2.05, 4.69) is 0 Å². The fraction of sp³-hybridized carbons (Fsp3) is 0.192. The molecule has 0 saturated carbocycles. The molecule has 0 aliphatic carbocycles. The van der Waals surface area contributed by atoms with Gasteiger partial charge in [0.15, 0.2) is 0 Å². The van der Waals surface area contributed by atoms with Crippen LogP contribution in [0.25, 0.3) is 0 Å². The van der Waals surface area contributed by atoms with E-state index in [1.54, 1.807) is 30.3 Å². The van der Waals surface area contributed by atoms with Crippen LogP contribution in [0, 0.1) is 0 Å². The van der Waals surface area contributed by atoms with Crippen LogP contribution in [0.15, 0.2) is 66.7 Å². The minimum atomic E-state index is -0.970. The van der Waals surface area contributed by atoms with Gasteiger partial charge in [-0.15, -0.1) is 0 Å². The molecule has 7 heteroatoms. The van der Waals surface area contributed by atoms with Crippen LogP contribution in [0.2, 0.25) is 0 Å². The first-order chi connectivity index (χ1) is 16.0. The Hall–Kier alpha value is -4.13. The van der Waals surface area contributed by atoms with E-state index in [4.69, 9.17) is 9.47 Å². The summed E-state index contributed by atoms with van der Waals surface area (Å²) in [5.74, 6) is -0.297. The molecule has 1 heterocycles. The third-order valence-electron chi connectivity index (χ3n) is 5.45. The molecule has 0 saturated heterocycles. The molecule has 0 unspecified atom stereocenters. The van der Waals surface area contributed by atoms with Gasteiger partial charge in [0.25, 0.3) is 5.91 Å². The summed E-state index contributed by atoms with van der Waals surface area (Å²) in [4.78, 5) is 38.9. The van der Waals surface area contributed by atoms with Crippen LogP contribution < -0.4 is 14.4 Å². The average molecular weight is 445 g/mol. The molecule has 33 heavy (non-hydrogen) atoms. The fourth-order valence-electron chi connectivity index (χ4n) is 3.96. The number of methoxy groups -OCH3 is 1. The third kappa shape index (κ3) is 4.72. The summed E-state index contributed by atoms with van der Waals surface area (Å²) in [6, 6.07) is 19.4. The zero-order valence-corrected chi connectivity index (χ0v) is 18.1. The topological polar surface area (TPSA) is 93.1 Å². The molecule has 1 N–H and O–H groups in total. The number of carbonyl (C=O) groups is 3. The molecule has 2 amide bonds. The van der Waals surface area contributed by atoms with Gasteiger partial charge < -0.3 is 14.6 Å². The van der Waals surface area contributed by atoms with Crippen LogP contribution in [-0.2, 0) is 22.4 Å². The van der Waals surface area contributed by atoms with Crippen molar-refractivity contribution < 1.29 is 29.0 Å². The lowest BCUT2D eigenvalue weighted by atomic mass is 9.93. The van der Waals surface area contributed by atoms with Gasteiger partial charge in [-0.3, -0.25) is 14.4 Å². The number of carbonyl (C=O) groups excluding carboxylic acids is 2. The molecule has 3 aromatic rings. The summed E-state index contributed by atoms with van der Waals surface area (Å²) in [5, 5.41) is 9.26. The minimum Gasteiger partial charge on any atom is -0.496 e. The zero-order chi connectivity index (χ0) is 23.4. The summed E-state index contributed by atoms with van der Waals surface area (Å²) in [7, 11) is 1.46. The van der Waals surface area contributed by atoms with Crippen molar-refractivity contribution in [1.82, 2.24) is 0 Å². The van der Waals surface area contributed by atoms with Gasteiger partial charge >= 0.3 is 5.97 Å². The number of carboxylic acids is 1. The Bertz CT molecular complexity index is 1200. The Morgan fingerprint density at radius 2 is 1.70 bits per heavy atom. The van der Waals surface area contributed by atoms with Crippen molar-refractivity contribution in [1.29, 1.82) is 0 Å². The predicted octanol–water partition coefficient (Wildman–Crippen LogP) is 4.62. The highest BCUT2D eigenvalue weighted by Gasteiger charge is 2.34. The number of aliphatic carboxylic acids is 1. The van der Waals surface area contributed by atoms with Gasteiger partial charge in [-0.2, -0.15) is 0 Å². The highest BCUT2D eigenvalue weighted by Crippen LogP contribution is 2.38. The Morgan fingerprint density at radius 3 is 2.42 bits per heavy atom. The number of hydrogen-bond donors (Lipinski definition) is 1. The molecule has 0 radical (unpaired) electrons. The van der Waals surface area contributed by atoms with Crippen LogP contribution in [0.5, 0.6) is 17.2 Å². The van der Waals surface area contributed by atoms with Crippen LogP contribution in [0.3, 0.4) is 0 Å². The lowest BCUT2D eigenvalue weighted by molar-refractivity contribution is -0.137. The number of nitrogens with zero attached hydrogens (tertiary/aromatic N) is 1. The van der Waals surface area contributed by atoms with Crippen LogP contribution >= 0.6 is 0 Å². The van der Waals surface area contributed by atoms with Crippen LogP contribution in [0.1, 0.15) is 34.3 Å². The van der Waals surface area contributed by atoms with Gasteiger partial charge in [0.2, 0.25) is 5.91 Å². The monoisotopic (exact) mass is 445 g/mol. The Kier molecular flexibility index (Phi) is 6.40. The van der Waals surface area contributed by atoms with Crippen molar-refractivity contribution >= 4 is 23.5 Å². The Balaban J connectivity index is 1.80. The maximum absolute atomic E-state index is 13.5. The van der Waals surface area contributed by atoms with Crippen molar-refractivity contribution in [3.63, 3.8) is 0 Å². The third-order valence-corrected chi connectivity index (χ3v) is 5.45. The smallest absolute Gasteiger partial charge is 0.303 e. The van der Waals surface area contributed by atoms with Gasteiger partial charge in [-0.1, -0.05) is 30.3 Å². The zero-order valence-electron chi connectivity index (χ0n) is 18.1. The Morgan fingerprint density at radius 1 is 0.970 bits per heavy atom. The molecule has 4 rings (SSSR count). The fourth-order valence-corrected chi connectivity index (χ4v) is 3.96. The van der Waals surface area contributed by atoms with E-state index in [1.165, 1.54) is 7.11 Å². The first-order valence-electron chi connectivity index (χ1n) is 10.6. The Labute approximate surface area is 191 Å². The molecule has 0 aromatic heterocycles. The van der Waals surface area contributed by atoms with E-state index in [1.807, 2.05) is 36.4 Å². The molecule has 168 valence electrons. The van der Waals surface area contributed by atoms with E-state index >= 15 is 0 Å². The number of aryl methyl sites for hydroxylation is 2.